The van der Waals surface area contributed by atoms with Crippen LogP contribution in [0.2, 0.25) is 0 Å². The topological polar surface area (TPSA) is 119 Å². The second-order valence-electron chi connectivity index (χ2n) is 5.93. The quantitative estimate of drug-likeness (QED) is 0.540. The third-order valence-electron chi connectivity index (χ3n) is 3.74. The summed E-state index contributed by atoms with van der Waals surface area (Å²) in [7, 11) is 1.52. The molecule has 0 fully saturated rings. The Morgan fingerprint density at radius 2 is 1.93 bits per heavy atom. The van der Waals surface area contributed by atoms with Crippen molar-refractivity contribution in [2.75, 3.05) is 24.7 Å². The monoisotopic (exact) mass is 413 g/mol. The van der Waals surface area contributed by atoms with E-state index < -0.39 is 0 Å². The van der Waals surface area contributed by atoms with Crippen LogP contribution in [0.3, 0.4) is 0 Å². The van der Waals surface area contributed by atoms with Gasteiger partial charge in [-0.3, -0.25) is 14.6 Å². The van der Waals surface area contributed by atoms with Crippen molar-refractivity contribution < 1.29 is 18.7 Å². The van der Waals surface area contributed by atoms with E-state index in [-0.39, 0.29) is 29.3 Å². The molecule has 2 heterocycles. The van der Waals surface area contributed by atoms with Crippen LogP contribution in [0.25, 0.3) is 11.5 Å². The fourth-order valence-corrected chi connectivity index (χ4v) is 2.94. The predicted molar refractivity (Wildman–Crippen MR) is 108 cm³/mol. The van der Waals surface area contributed by atoms with Crippen LogP contribution in [0.4, 0.5) is 5.69 Å². The maximum Gasteiger partial charge on any atom is 0.277 e. The van der Waals surface area contributed by atoms with Gasteiger partial charge >= 0.3 is 0 Å². The third-order valence-corrected chi connectivity index (χ3v) is 4.55. The first-order valence-electron chi connectivity index (χ1n) is 8.63. The van der Waals surface area contributed by atoms with Crippen molar-refractivity contribution in [3.05, 3.63) is 48.3 Å². The molecule has 0 aliphatic heterocycles. The lowest BCUT2D eigenvalue weighted by atomic mass is 10.2. The molecule has 0 radical (unpaired) electrons. The summed E-state index contributed by atoms with van der Waals surface area (Å²) in [5.74, 6) is 0.253. The summed E-state index contributed by atoms with van der Waals surface area (Å²) in [5, 5.41) is 13.4. The van der Waals surface area contributed by atoms with Gasteiger partial charge in [-0.1, -0.05) is 17.8 Å². The average Bonchev–Trinajstić information content (AvgIpc) is 3.21. The number of hydrogen-bond acceptors (Lipinski definition) is 8. The van der Waals surface area contributed by atoms with Crippen molar-refractivity contribution in [3.8, 4) is 17.2 Å². The Morgan fingerprint density at radius 1 is 1.14 bits per heavy atom. The van der Waals surface area contributed by atoms with Crippen LogP contribution in [-0.4, -0.2) is 46.4 Å². The molecule has 150 valence electrons. The van der Waals surface area contributed by atoms with Gasteiger partial charge in [0.2, 0.25) is 17.7 Å². The molecule has 0 bridgehead atoms. The van der Waals surface area contributed by atoms with Crippen LogP contribution in [0.1, 0.15) is 5.56 Å². The van der Waals surface area contributed by atoms with Gasteiger partial charge in [-0.05, 0) is 36.8 Å². The first kappa shape index (κ1) is 20.3. The molecular weight excluding hydrogens is 394 g/mol. The SMILES string of the molecule is COc1ccc(C)cc1NC(=O)CNC(=O)CSc1nnc(-c2ccncc2)o1. The molecule has 3 aromatic rings. The second-order valence-corrected chi connectivity index (χ2v) is 6.85. The number of aromatic nitrogens is 3. The fourth-order valence-electron chi connectivity index (χ4n) is 2.35. The molecule has 0 aliphatic carbocycles. The molecule has 2 N–H and O–H groups in total. The fraction of sp³-hybridized carbons (Fsp3) is 0.211. The molecule has 0 atom stereocenters. The van der Waals surface area contributed by atoms with Gasteiger partial charge in [0, 0.05) is 18.0 Å². The summed E-state index contributed by atoms with van der Waals surface area (Å²) in [6, 6.07) is 8.94. The lowest BCUT2D eigenvalue weighted by molar-refractivity contribution is -0.122. The first-order valence-corrected chi connectivity index (χ1v) is 9.61. The lowest BCUT2D eigenvalue weighted by Gasteiger charge is -2.11. The maximum atomic E-state index is 12.1. The molecule has 9 nitrogen and oxygen atoms in total. The van der Waals surface area contributed by atoms with Crippen LogP contribution < -0.4 is 15.4 Å². The normalized spacial score (nSPS) is 10.4. The highest BCUT2D eigenvalue weighted by Gasteiger charge is 2.13. The standard InChI is InChI=1S/C19H19N5O4S/c1-12-3-4-15(27-2)14(9-12)22-16(25)10-21-17(26)11-29-19-24-23-18(28-19)13-5-7-20-8-6-13/h3-9H,10-11H2,1-2H3,(H,21,26)(H,22,25). The molecular formula is C19H19N5O4S. The maximum absolute atomic E-state index is 12.1. The minimum absolute atomic E-state index is 0.0407. The third kappa shape index (κ3) is 5.79. The molecule has 0 spiro atoms. The van der Waals surface area contributed by atoms with Crippen LogP contribution in [0.5, 0.6) is 5.75 Å². The molecule has 2 amide bonds. The molecule has 0 unspecified atom stereocenters. The highest BCUT2D eigenvalue weighted by atomic mass is 32.2. The van der Waals surface area contributed by atoms with Crippen molar-refractivity contribution in [1.29, 1.82) is 0 Å². The molecule has 2 aromatic heterocycles. The van der Waals surface area contributed by atoms with Crippen LogP contribution in [0.15, 0.2) is 52.4 Å². The number of rotatable bonds is 8. The Kier molecular flexibility index (Phi) is 6.80. The van der Waals surface area contributed by atoms with E-state index in [0.717, 1.165) is 22.9 Å². The number of ether oxygens (including phenoxy) is 1. The van der Waals surface area contributed by atoms with Crippen molar-refractivity contribution in [2.45, 2.75) is 12.1 Å². The summed E-state index contributed by atoms with van der Waals surface area (Å²) in [6.07, 6.45) is 3.24. The van der Waals surface area contributed by atoms with E-state index in [1.165, 1.54) is 7.11 Å². The number of benzene rings is 1. The number of nitrogens with one attached hydrogen (secondary N) is 2. The zero-order chi connectivity index (χ0) is 20.6. The lowest BCUT2D eigenvalue weighted by Crippen LogP contribution is -2.34. The summed E-state index contributed by atoms with van der Waals surface area (Å²) < 4.78 is 10.7. The van der Waals surface area contributed by atoms with E-state index in [1.807, 2.05) is 13.0 Å². The minimum Gasteiger partial charge on any atom is -0.495 e. The van der Waals surface area contributed by atoms with E-state index in [1.54, 1.807) is 36.7 Å². The van der Waals surface area contributed by atoms with E-state index in [0.29, 0.717) is 17.3 Å². The van der Waals surface area contributed by atoms with Gasteiger partial charge in [0.1, 0.15) is 5.75 Å². The largest absolute Gasteiger partial charge is 0.495 e. The molecule has 3 rings (SSSR count). The highest BCUT2D eigenvalue weighted by Crippen LogP contribution is 2.25. The molecule has 0 saturated heterocycles. The number of thioether (sulfide) groups is 1. The Balaban J connectivity index is 1.45. The number of carbonyl (C=O) groups excluding carboxylic acids is 2. The van der Waals surface area contributed by atoms with Gasteiger partial charge in [0.25, 0.3) is 5.22 Å². The van der Waals surface area contributed by atoms with Crippen LogP contribution in [0, 0.1) is 6.92 Å². The summed E-state index contributed by atoms with van der Waals surface area (Å²) in [4.78, 5) is 28.0. The number of anilines is 1. The van der Waals surface area contributed by atoms with Gasteiger partial charge in [-0.2, -0.15) is 0 Å². The number of amides is 2. The number of methoxy groups -OCH3 is 1. The van der Waals surface area contributed by atoms with E-state index >= 15 is 0 Å². The van der Waals surface area contributed by atoms with E-state index in [2.05, 4.69) is 25.8 Å². The zero-order valence-corrected chi connectivity index (χ0v) is 16.7. The number of nitrogens with zero attached hydrogens (tertiary/aromatic N) is 3. The van der Waals surface area contributed by atoms with Gasteiger partial charge in [0.15, 0.2) is 0 Å². The summed E-state index contributed by atoms with van der Waals surface area (Å²) in [5.41, 5.74) is 2.27. The molecule has 29 heavy (non-hydrogen) atoms. The Labute approximate surface area is 171 Å². The van der Waals surface area contributed by atoms with Crippen molar-refractivity contribution in [1.82, 2.24) is 20.5 Å². The smallest absolute Gasteiger partial charge is 0.277 e. The highest BCUT2D eigenvalue weighted by molar-refractivity contribution is 7.99. The van der Waals surface area contributed by atoms with Gasteiger partial charge in [-0.25, -0.2) is 0 Å². The summed E-state index contributed by atoms with van der Waals surface area (Å²) >= 11 is 1.09. The minimum atomic E-state index is -0.356. The molecule has 1 aromatic carbocycles. The predicted octanol–water partition coefficient (Wildman–Crippen LogP) is 2.30. The number of carbonyl (C=O) groups is 2. The van der Waals surface area contributed by atoms with Gasteiger partial charge in [0.05, 0.1) is 25.1 Å². The first-order chi connectivity index (χ1) is 14.0. The zero-order valence-electron chi connectivity index (χ0n) is 15.8. The van der Waals surface area contributed by atoms with Gasteiger partial charge < -0.3 is 19.8 Å². The van der Waals surface area contributed by atoms with E-state index in [4.69, 9.17) is 9.15 Å². The number of pyridine rings is 1. The molecule has 10 heteroatoms. The average molecular weight is 413 g/mol. The van der Waals surface area contributed by atoms with Gasteiger partial charge in [-0.15, -0.1) is 10.2 Å². The van der Waals surface area contributed by atoms with Crippen molar-refractivity contribution in [2.24, 2.45) is 0 Å². The Bertz CT molecular complexity index is 993. The Morgan fingerprint density at radius 3 is 2.69 bits per heavy atom. The van der Waals surface area contributed by atoms with Crippen LogP contribution in [-0.2, 0) is 9.59 Å². The molecule has 0 aliphatic rings. The number of hydrogen-bond donors (Lipinski definition) is 2. The second kappa shape index (κ2) is 9.69. The van der Waals surface area contributed by atoms with Crippen molar-refractivity contribution >= 4 is 29.3 Å². The number of aryl methyl sites for hydroxylation is 1. The Hall–Kier alpha value is -3.40. The molecule has 0 saturated carbocycles. The van der Waals surface area contributed by atoms with E-state index in [9.17, 15) is 9.59 Å². The van der Waals surface area contributed by atoms with Crippen molar-refractivity contribution in [3.63, 3.8) is 0 Å². The van der Waals surface area contributed by atoms with Crippen LogP contribution >= 0.6 is 11.8 Å². The summed E-state index contributed by atoms with van der Waals surface area (Å²) in [6.45, 7) is 1.74.